The topological polar surface area (TPSA) is 26.3 Å². The van der Waals surface area contributed by atoms with Gasteiger partial charge in [-0.3, -0.25) is 0 Å². The van der Waals surface area contributed by atoms with Crippen LogP contribution in [0.25, 0.3) is 0 Å². The molecule has 25 heavy (non-hydrogen) atoms. The lowest BCUT2D eigenvalue weighted by Gasteiger charge is -2.28. The van der Waals surface area contributed by atoms with E-state index in [1.807, 2.05) is 19.1 Å². The number of carbonyl (C=O) groups excluding carboxylic acids is 1. The summed E-state index contributed by atoms with van der Waals surface area (Å²) in [5.41, 5.74) is 2.00. The third-order valence-corrected chi connectivity index (χ3v) is 5.74. The fraction of sp³-hybridized carbons (Fsp3) is 0.696. The van der Waals surface area contributed by atoms with Crippen LogP contribution >= 0.6 is 0 Å². The molecule has 0 aliphatic heterocycles. The molecule has 0 aromatic heterocycles. The van der Waals surface area contributed by atoms with Gasteiger partial charge in [0.25, 0.3) is 0 Å². The molecular formula is C23H36O2. The van der Waals surface area contributed by atoms with Gasteiger partial charge in [-0.25, -0.2) is 4.79 Å². The number of unbranched alkanes of at least 4 members (excludes halogenated alkanes) is 3. The van der Waals surface area contributed by atoms with Crippen molar-refractivity contribution in [1.29, 1.82) is 0 Å². The third kappa shape index (κ3) is 7.22. The van der Waals surface area contributed by atoms with E-state index in [0.29, 0.717) is 12.2 Å². The summed E-state index contributed by atoms with van der Waals surface area (Å²) < 4.78 is 5.04. The zero-order valence-electron chi connectivity index (χ0n) is 16.3. The van der Waals surface area contributed by atoms with Crippen LogP contribution < -0.4 is 0 Å². The maximum atomic E-state index is 11.7. The van der Waals surface area contributed by atoms with Gasteiger partial charge in [-0.15, -0.1) is 0 Å². The lowest BCUT2D eigenvalue weighted by Crippen LogP contribution is -2.15. The molecule has 0 heterocycles. The molecule has 2 nitrogen and oxygen atoms in total. The molecule has 0 amide bonds. The van der Waals surface area contributed by atoms with Crippen LogP contribution in [0.3, 0.4) is 0 Å². The molecule has 1 saturated carbocycles. The number of hydrogen-bond acceptors (Lipinski definition) is 2. The quantitative estimate of drug-likeness (QED) is 0.354. The smallest absolute Gasteiger partial charge is 0.338 e. The van der Waals surface area contributed by atoms with Crippen molar-refractivity contribution in [3.63, 3.8) is 0 Å². The summed E-state index contributed by atoms with van der Waals surface area (Å²) in [5, 5.41) is 0. The highest BCUT2D eigenvalue weighted by Crippen LogP contribution is 2.34. The first kappa shape index (κ1) is 20.0. The number of carbonyl (C=O) groups is 1. The average molecular weight is 345 g/mol. The maximum Gasteiger partial charge on any atom is 0.338 e. The fourth-order valence-corrected chi connectivity index (χ4v) is 4.06. The Balaban J connectivity index is 1.65. The molecule has 1 aliphatic carbocycles. The van der Waals surface area contributed by atoms with Crippen LogP contribution in [0.4, 0.5) is 0 Å². The number of rotatable bonds is 10. The van der Waals surface area contributed by atoms with E-state index in [-0.39, 0.29) is 5.97 Å². The van der Waals surface area contributed by atoms with Gasteiger partial charge in [0, 0.05) is 0 Å². The van der Waals surface area contributed by atoms with Crippen molar-refractivity contribution in [3.05, 3.63) is 35.4 Å². The van der Waals surface area contributed by atoms with Gasteiger partial charge in [-0.2, -0.15) is 0 Å². The Hall–Kier alpha value is -1.31. The van der Waals surface area contributed by atoms with Gasteiger partial charge >= 0.3 is 5.97 Å². The number of benzene rings is 1. The van der Waals surface area contributed by atoms with Crippen molar-refractivity contribution in [3.8, 4) is 0 Å². The van der Waals surface area contributed by atoms with Gasteiger partial charge in [-0.05, 0) is 49.3 Å². The molecule has 0 bridgehead atoms. The molecular weight excluding hydrogens is 308 g/mol. The second kappa shape index (κ2) is 11.3. The highest BCUT2D eigenvalue weighted by molar-refractivity contribution is 5.89. The second-order valence-electron chi connectivity index (χ2n) is 7.69. The standard InChI is InChI=1S/C23H36O2/c1-3-5-6-7-8-19-9-11-20(12-10-19)13-14-21-15-17-22(18-16-21)23(24)25-4-2/h15-20H,3-14H2,1-2H3/t19-,20-. The second-order valence-corrected chi connectivity index (χ2v) is 7.69. The SMILES string of the molecule is CCCCCC[C@H]1CC[C@H](CCc2ccc(C(=O)OCC)cc2)CC1. The van der Waals surface area contributed by atoms with E-state index >= 15 is 0 Å². The van der Waals surface area contributed by atoms with Crippen LogP contribution in [-0.2, 0) is 11.2 Å². The number of esters is 1. The molecule has 1 aromatic rings. The van der Waals surface area contributed by atoms with E-state index in [0.717, 1.165) is 18.3 Å². The van der Waals surface area contributed by atoms with Gasteiger partial charge < -0.3 is 4.74 Å². The van der Waals surface area contributed by atoms with Crippen LogP contribution in [-0.4, -0.2) is 12.6 Å². The van der Waals surface area contributed by atoms with Crippen LogP contribution in [0.2, 0.25) is 0 Å². The molecule has 0 saturated heterocycles. The number of ether oxygens (including phenoxy) is 1. The Morgan fingerprint density at radius 1 is 0.920 bits per heavy atom. The van der Waals surface area contributed by atoms with E-state index in [4.69, 9.17) is 4.74 Å². The summed E-state index contributed by atoms with van der Waals surface area (Å²) in [6, 6.07) is 7.98. The first-order valence-corrected chi connectivity index (χ1v) is 10.5. The number of hydrogen-bond donors (Lipinski definition) is 0. The summed E-state index contributed by atoms with van der Waals surface area (Å²) >= 11 is 0. The minimum absolute atomic E-state index is 0.216. The first-order valence-electron chi connectivity index (χ1n) is 10.5. The Labute approximate surface area is 154 Å². The molecule has 0 atom stereocenters. The van der Waals surface area contributed by atoms with E-state index in [1.165, 1.54) is 69.8 Å². The van der Waals surface area contributed by atoms with Gasteiger partial charge in [0.15, 0.2) is 0 Å². The van der Waals surface area contributed by atoms with Crippen molar-refractivity contribution < 1.29 is 9.53 Å². The predicted octanol–water partition coefficient (Wildman–Crippen LogP) is 6.57. The fourth-order valence-electron chi connectivity index (χ4n) is 4.06. The maximum absolute atomic E-state index is 11.7. The van der Waals surface area contributed by atoms with Crippen molar-refractivity contribution in [2.45, 2.75) is 84.5 Å². The summed E-state index contributed by atoms with van der Waals surface area (Å²) in [5.74, 6) is 1.68. The zero-order valence-corrected chi connectivity index (χ0v) is 16.3. The van der Waals surface area contributed by atoms with E-state index in [9.17, 15) is 4.79 Å². The molecule has 0 spiro atoms. The van der Waals surface area contributed by atoms with E-state index in [1.54, 1.807) is 0 Å². The predicted molar refractivity (Wildman–Crippen MR) is 105 cm³/mol. The van der Waals surface area contributed by atoms with Crippen LogP contribution in [0.1, 0.15) is 94.0 Å². The Kier molecular flexibility index (Phi) is 9.07. The van der Waals surface area contributed by atoms with Crippen molar-refractivity contribution in [2.75, 3.05) is 6.61 Å². The Morgan fingerprint density at radius 3 is 2.16 bits per heavy atom. The lowest BCUT2D eigenvalue weighted by molar-refractivity contribution is 0.0526. The molecule has 0 radical (unpaired) electrons. The van der Waals surface area contributed by atoms with Gasteiger partial charge in [0.05, 0.1) is 12.2 Å². The third-order valence-electron chi connectivity index (χ3n) is 5.74. The zero-order chi connectivity index (χ0) is 17.9. The first-order chi connectivity index (χ1) is 12.2. The van der Waals surface area contributed by atoms with Gasteiger partial charge in [0.1, 0.15) is 0 Å². The highest BCUT2D eigenvalue weighted by Gasteiger charge is 2.20. The molecule has 1 fully saturated rings. The highest BCUT2D eigenvalue weighted by atomic mass is 16.5. The van der Waals surface area contributed by atoms with Crippen molar-refractivity contribution in [1.82, 2.24) is 0 Å². The summed E-state index contributed by atoms with van der Waals surface area (Å²) in [6.45, 7) is 4.56. The molecule has 1 aromatic carbocycles. The monoisotopic (exact) mass is 344 g/mol. The Morgan fingerprint density at radius 2 is 1.56 bits per heavy atom. The van der Waals surface area contributed by atoms with Crippen LogP contribution in [0.5, 0.6) is 0 Å². The molecule has 1 aliphatic rings. The van der Waals surface area contributed by atoms with Crippen LogP contribution in [0, 0.1) is 11.8 Å². The van der Waals surface area contributed by atoms with Gasteiger partial charge in [-0.1, -0.05) is 76.8 Å². The van der Waals surface area contributed by atoms with Crippen LogP contribution in [0.15, 0.2) is 24.3 Å². The minimum Gasteiger partial charge on any atom is -0.462 e. The normalized spacial score (nSPS) is 20.4. The molecule has 2 heteroatoms. The average Bonchev–Trinajstić information content (AvgIpc) is 2.65. The summed E-state index contributed by atoms with van der Waals surface area (Å²) in [7, 11) is 0. The summed E-state index contributed by atoms with van der Waals surface area (Å²) in [6.07, 6.45) is 15.2. The molecule has 0 unspecified atom stereocenters. The Bertz CT molecular complexity index is 483. The number of aryl methyl sites for hydroxylation is 1. The minimum atomic E-state index is -0.216. The van der Waals surface area contributed by atoms with E-state index in [2.05, 4.69) is 19.1 Å². The lowest BCUT2D eigenvalue weighted by atomic mass is 9.77. The van der Waals surface area contributed by atoms with Crippen molar-refractivity contribution >= 4 is 5.97 Å². The van der Waals surface area contributed by atoms with Crippen molar-refractivity contribution in [2.24, 2.45) is 11.8 Å². The van der Waals surface area contributed by atoms with E-state index < -0.39 is 0 Å². The largest absolute Gasteiger partial charge is 0.462 e. The summed E-state index contributed by atoms with van der Waals surface area (Å²) in [4.78, 5) is 11.7. The van der Waals surface area contributed by atoms with Gasteiger partial charge in [0.2, 0.25) is 0 Å². The molecule has 2 rings (SSSR count). The molecule has 140 valence electrons. The molecule has 0 N–H and O–H groups in total.